The molecule has 3 aromatic heterocycles. The SMILES string of the molecule is CC(=NNC(N)=S)c1ccc2nnn(Cc3ccc4ncccc4c3)c2n1. The summed E-state index contributed by atoms with van der Waals surface area (Å²) in [6.45, 7) is 2.38. The third-order valence-electron chi connectivity index (χ3n) is 4.06. The van der Waals surface area contributed by atoms with Gasteiger partial charge in [0.15, 0.2) is 10.8 Å². The molecule has 4 aromatic rings. The Bertz CT molecular complexity index is 1180. The summed E-state index contributed by atoms with van der Waals surface area (Å²) in [6.07, 6.45) is 1.79. The van der Waals surface area contributed by atoms with E-state index in [-0.39, 0.29) is 5.11 Å². The lowest BCUT2D eigenvalue weighted by atomic mass is 10.1. The first-order chi connectivity index (χ1) is 13.1. The second-order valence-corrected chi connectivity index (χ2v) is 6.43. The van der Waals surface area contributed by atoms with Crippen molar-refractivity contribution in [3.05, 3.63) is 59.9 Å². The second-order valence-electron chi connectivity index (χ2n) is 5.99. The Balaban J connectivity index is 1.67. The molecule has 0 saturated heterocycles. The van der Waals surface area contributed by atoms with Crippen LogP contribution in [0.2, 0.25) is 0 Å². The molecular weight excluding hydrogens is 360 g/mol. The molecule has 0 unspecified atom stereocenters. The van der Waals surface area contributed by atoms with Gasteiger partial charge >= 0.3 is 0 Å². The van der Waals surface area contributed by atoms with Gasteiger partial charge in [-0.2, -0.15) is 5.10 Å². The number of rotatable bonds is 4. The predicted octanol–water partition coefficient (Wildman–Crippen LogP) is 1.98. The van der Waals surface area contributed by atoms with Gasteiger partial charge in [-0.05, 0) is 55.0 Å². The molecule has 134 valence electrons. The molecule has 0 aliphatic carbocycles. The van der Waals surface area contributed by atoms with Crippen molar-refractivity contribution >= 4 is 45.1 Å². The van der Waals surface area contributed by atoms with E-state index in [1.54, 1.807) is 10.9 Å². The van der Waals surface area contributed by atoms with E-state index in [1.165, 1.54) is 0 Å². The number of hydrazone groups is 1. The smallest absolute Gasteiger partial charge is 0.184 e. The lowest BCUT2D eigenvalue weighted by Crippen LogP contribution is -2.25. The second kappa shape index (κ2) is 7.04. The lowest BCUT2D eigenvalue weighted by Gasteiger charge is -2.05. The summed E-state index contributed by atoms with van der Waals surface area (Å²) in [5, 5.41) is 13.7. The zero-order chi connectivity index (χ0) is 18.8. The number of nitrogens with zero attached hydrogens (tertiary/aromatic N) is 6. The van der Waals surface area contributed by atoms with Crippen molar-refractivity contribution in [1.82, 2.24) is 30.4 Å². The van der Waals surface area contributed by atoms with Crippen molar-refractivity contribution in [2.24, 2.45) is 10.8 Å². The van der Waals surface area contributed by atoms with E-state index in [1.807, 2.05) is 43.3 Å². The molecule has 0 aliphatic heterocycles. The van der Waals surface area contributed by atoms with E-state index < -0.39 is 0 Å². The highest BCUT2D eigenvalue weighted by Gasteiger charge is 2.10. The molecule has 1 aromatic carbocycles. The van der Waals surface area contributed by atoms with Gasteiger partial charge in [-0.25, -0.2) is 9.67 Å². The average molecular weight is 376 g/mol. The zero-order valence-electron chi connectivity index (χ0n) is 14.5. The number of nitrogens with two attached hydrogens (primary N) is 1. The summed E-state index contributed by atoms with van der Waals surface area (Å²) < 4.78 is 1.77. The fourth-order valence-electron chi connectivity index (χ4n) is 2.75. The molecule has 3 heterocycles. The number of thiocarbonyl (C=S) groups is 1. The number of benzene rings is 1. The number of hydrogen-bond acceptors (Lipinski definition) is 6. The fourth-order valence-corrected chi connectivity index (χ4v) is 2.80. The van der Waals surface area contributed by atoms with Gasteiger partial charge in [-0.15, -0.1) is 5.10 Å². The van der Waals surface area contributed by atoms with E-state index in [4.69, 9.17) is 18.0 Å². The molecule has 0 spiro atoms. The van der Waals surface area contributed by atoms with Gasteiger partial charge in [0.05, 0.1) is 23.5 Å². The van der Waals surface area contributed by atoms with E-state index in [0.29, 0.717) is 23.6 Å². The topological polar surface area (TPSA) is 107 Å². The molecular formula is C18H16N8S. The molecule has 0 fully saturated rings. The Labute approximate surface area is 160 Å². The average Bonchev–Trinajstić information content (AvgIpc) is 3.08. The van der Waals surface area contributed by atoms with Crippen molar-refractivity contribution in [3.8, 4) is 0 Å². The van der Waals surface area contributed by atoms with Gasteiger partial charge in [-0.3, -0.25) is 10.4 Å². The van der Waals surface area contributed by atoms with Gasteiger partial charge in [-0.1, -0.05) is 17.3 Å². The summed E-state index contributed by atoms with van der Waals surface area (Å²) in [4.78, 5) is 8.99. The summed E-state index contributed by atoms with van der Waals surface area (Å²) in [6, 6.07) is 13.8. The maximum atomic E-state index is 5.41. The minimum atomic E-state index is 0.105. The van der Waals surface area contributed by atoms with Crippen LogP contribution in [0.5, 0.6) is 0 Å². The van der Waals surface area contributed by atoms with Crippen molar-refractivity contribution in [1.29, 1.82) is 0 Å². The molecule has 4 rings (SSSR count). The Morgan fingerprint density at radius 3 is 2.93 bits per heavy atom. The summed E-state index contributed by atoms with van der Waals surface area (Å²) >= 11 is 4.76. The number of nitrogens with one attached hydrogen (secondary N) is 1. The van der Waals surface area contributed by atoms with Crippen LogP contribution in [0, 0.1) is 0 Å². The number of aromatic nitrogens is 5. The first kappa shape index (κ1) is 17.0. The van der Waals surface area contributed by atoms with Gasteiger partial charge in [0.1, 0.15) is 5.52 Å². The van der Waals surface area contributed by atoms with Crippen LogP contribution in [0.15, 0.2) is 53.8 Å². The first-order valence-electron chi connectivity index (χ1n) is 8.24. The van der Waals surface area contributed by atoms with E-state index in [2.05, 4.69) is 36.9 Å². The van der Waals surface area contributed by atoms with Crippen molar-refractivity contribution in [2.45, 2.75) is 13.5 Å². The van der Waals surface area contributed by atoms with E-state index in [9.17, 15) is 0 Å². The van der Waals surface area contributed by atoms with Crippen LogP contribution in [0.25, 0.3) is 22.1 Å². The van der Waals surface area contributed by atoms with Crippen LogP contribution in [0.4, 0.5) is 0 Å². The maximum absolute atomic E-state index is 5.41. The molecule has 0 saturated carbocycles. The summed E-state index contributed by atoms with van der Waals surface area (Å²) in [7, 11) is 0. The third-order valence-corrected chi connectivity index (χ3v) is 4.15. The van der Waals surface area contributed by atoms with Crippen LogP contribution >= 0.6 is 12.2 Å². The van der Waals surface area contributed by atoms with Crippen LogP contribution in [0.3, 0.4) is 0 Å². The minimum Gasteiger partial charge on any atom is -0.375 e. The molecule has 9 heteroatoms. The largest absolute Gasteiger partial charge is 0.375 e. The Morgan fingerprint density at radius 1 is 1.22 bits per heavy atom. The van der Waals surface area contributed by atoms with Gasteiger partial charge < -0.3 is 5.73 Å². The highest BCUT2D eigenvalue weighted by Crippen LogP contribution is 2.16. The van der Waals surface area contributed by atoms with Crippen LogP contribution in [0.1, 0.15) is 18.2 Å². The standard InChI is InChI=1S/C18H16N8S/c1-11(22-24-18(19)27)14-6-7-16-17(21-14)26(25-23-16)10-12-4-5-15-13(9-12)3-2-8-20-15/h2-9H,10H2,1H3,(H3,19,24,27). The van der Waals surface area contributed by atoms with Gasteiger partial charge in [0.25, 0.3) is 0 Å². The highest BCUT2D eigenvalue weighted by molar-refractivity contribution is 7.80. The Kier molecular flexibility index (Phi) is 4.43. The molecule has 0 amide bonds. The monoisotopic (exact) mass is 376 g/mol. The first-order valence-corrected chi connectivity index (χ1v) is 8.65. The van der Waals surface area contributed by atoms with Crippen LogP contribution < -0.4 is 11.2 Å². The summed E-state index contributed by atoms with van der Waals surface area (Å²) in [5.41, 5.74) is 12.8. The number of pyridine rings is 2. The minimum absolute atomic E-state index is 0.105. The van der Waals surface area contributed by atoms with Gasteiger partial charge in [0.2, 0.25) is 0 Å². The molecule has 0 radical (unpaired) electrons. The number of hydrogen-bond donors (Lipinski definition) is 2. The quantitative estimate of drug-likeness (QED) is 0.319. The lowest BCUT2D eigenvalue weighted by molar-refractivity contribution is 0.664. The van der Waals surface area contributed by atoms with Crippen molar-refractivity contribution in [2.75, 3.05) is 0 Å². The maximum Gasteiger partial charge on any atom is 0.184 e. The summed E-state index contributed by atoms with van der Waals surface area (Å²) in [5.74, 6) is 0. The molecule has 0 atom stereocenters. The molecule has 0 bridgehead atoms. The molecule has 8 nitrogen and oxygen atoms in total. The van der Waals surface area contributed by atoms with E-state index >= 15 is 0 Å². The highest BCUT2D eigenvalue weighted by atomic mass is 32.1. The predicted molar refractivity (Wildman–Crippen MR) is 108 cm³/mol. The molecule has 27 heavy (non-hydrogen) atoms. The zero-order valence-corrected chi connectivity index (χ0v) is 15.3. The fraction of sp³-hybridized carbons (Fsp3) is 0.111. The van der Waals surface area contributed by atoms with E-state index in [0.717, 1.165) is 22.0 Å². The van der Waals surface area contributed by atoms with Crippen LogP contribution in [-0.2, 0) is 6.54 Å². The Hall–Kier alpha value is -3.46. The van der Waals surface area contributed by atoms with Crippen LogP contribution in [-0.4, -0.2) is 35.8 Å². The van der Waals surface area contributed by atoms with Gasteiger partial charge in [0, 0.05) is 11.6 Å². The number of fused-ring (bicyclic) bond motifs is 2. The normalized spacial score (nSPS) is 11.8. The Morgan fingerprint density at radius 2 is 2.07 bits per heavy atom. The van der Waals surface area contributed by atoms with Crippen molar-refractivity contribution in [3.63, 3.8) is 0 Å². The third kappa shape index (κ3) is 3.58. The molecule has 3 N–H and O–H groups in total. The van der Waals surface area contributed by atoms with Crippen molar-refractivity contribution < 1.29 is 0 Å². The molecule has 0 aliphatic rings.